The molecule has 7 aromatic heterocycles. The molecule has 0 aromatic carbocycles. The Morgan fingerprint density at radius 1 is 0.605 bits per heavy atom. The van der Waals surface area contributed by atoms with Crippen molar-refractivity contribution < 1.29 is 44.1 Å². The van der Waals surface area contributed by atoms with Gasteiger partial charge in [0, 0.05) is 44.4 Å². The van der Waals surface area contributed by atoms with Crippen molar-refractivity contribution in [2.24, 2.45) is 5.92 Å². The predicted octanol–water partition coefficient (Wildman–Crippen LogP) is 5.57. The Hall–Kier alpha value is -6.89. The monoisotopic (exact) mass is 1140 g/mol. The van der Waals surface area contributed by atoms with Gasteiger partial charge in [-0.05, 0) is 52.7 Å². The zero-order chi connectivity index (χ0) is 54.5. The lowest BCUT2D eigenvalue weighted by Gasteiger charge is -2.21. The van der Waals surface area contributed by atoms with E-state index in [1.54, 1.807) is 48.2 Å². The number of aliphatic hydroxyl groups is 3. The van der Waals surface area contributed by atoms with Crippen LogP contribution in [0.3, 0.4) is 0 Å². The van der Waals surface area contributed by atoms with Gasteiger partial charge in [0.1, 0.15) is 87.7 Å². The van der Waals surface area contributed by atoms with E-state index >= 15 is 0 Å². The number of pyridine rings is 1. The Kier molecular flexibility index (Phi) is 17.5. The molecule has 1 aliphatic rings. The molecule has 8 heterocycles. The largest absolute Gasteiger partial charge is 0.392 e. The number of nitrogens with zero attached hydrogens (tertiary/aromatic N) is 7. The van der Waals surface area contributed by atoms with Gasteiger partial charge in [-0.1, -0.05) is 26.0 Å². The number of rotatable bonds is 10. The van der Waals surface area contributed by atoms with Gasteiger partial charge in [0.05, 0.1) is 35.7 Å². The molecule has 28 heteroatoms. The average Bonchev–Trinajstić information content (AvgIpc) is 4.26. The van der Waals surface area contributed by atoms with Gasteiger partial charge in [0.2, 0.25) is 5.91 Å². The number of thiazole rings is 6. The Balaban J connectivity index is 1.15. The molecule has 6 atom stereocenters. The van der Waals surface area contributed by atoms with E-state index in [1.165, 1.54) is 77.0 Å². The molecule has 0 unspecified atom stereocenters. The smallest absolute Gasteiger partial charge is 0.275 e. The maximum atomic E-state index is 13.9. The third-order valence-corrected chi connectivity index (χ3v) is 16.6. The summed E-state index contributed by atoms with van der Waals surface area (Å²) in [5, 5.41) is 59.6. The summed E-state index contributed by atoms with van der Waals surface area (Å²) in [6, 6.07) is 0.366. The number of aromatic nitrogens is 7. The third kappa shape index (κ3) is 12.5. The maximum absolute atomic E-state index is 13.9. The predicted molar refractivity (Wildman–Crippen MR) is 290 cm³/mol. The van der Waals surface area contributed by atoms with Crippen LogP contribution in [-0.4, -0.2) is 117 Å². The second-order valence-electron chi connectivity index (χ2n) is 17.4. The quantitative estimate of drug-likeness (QED) is 0.0756. The van der Waals surface area contributed by atoms with Gasteiger partial charge in [-0.15, -0.1) is 68.0 Å². The minimum absolute atomic E-state index is 0.00119. The molecule has 0 radical (unpaired) electrons. The first-order valence-electron chi connectivity index (χ1n) is 23.3. The van der Waals surface area contributed by atoms with Crippen molar-refractivity contribution in [1.82, 2.24) is 66.8 Å². The van der Waals surface area contributed by atoms with Crippen LogP contribution >= 0.6 is 68.0 Å². The number of carbonyl (C=O) groups excluding carboxylic acids is 6. The number of hydrogen-bond donors (Lipinski definition) is 9. The van der Waals surface area contributed by atoms with Crippen molar-refractivity contribution in [1.29, 1.82) is 0 Å². The van der Waals surface area contributed by atoms with Crippen LogP contribution in [0.2, 0.25) is 0 Å². The fourth-order valence-electron chi connectivity index (χ4n) is 7.20. The van der Waals surface area contributed by atoms with E-state index in [0.29, 0.717) is 53.4 Å². The van der Waals surface area contributed by atoms with Crippen molar-refractivity contribution in [3.05, 3.63) is 100 Å². The van der Waals surface area contributed by atoms with E-state index in [9.17, 15) is 44.1 Å². The molecule has 8 bridgehead atoms. The number of allylic oxidation sites excluding steroid dienone is 2. The lowest BCUT2D eigenvalue weighted by atomic mass is 10.1. The third-order valence-electron chi connectivity index (χ3n) is 11.2. The van der Waals surface area contributed by atoms with Gasteiger partial charge in [-0.3, -0.25) is 28.8 Å². The summed E-state index contributed by atoms with van der Waals surface area (Å²) in [4.78, 5) is 114. The Labute approximate surface area is 458 Å². The molecule has 22 nitrogen and oxygen atoms in total. The Morgan fingerprint density at radius 3 is 1.78 bits per heavy atom. The molecule has 396 valence electrons. The molecule has 1 aliphatic heterocycles. The Morgan fingerprint density at radius 2 is 1.13 bits per heavy atom. The van der Waals surface area contributed by atoms with Crippen LogP contribution in [0.15, 0.2) is 62.3 Å². The Bertz CT molecular complexity index is 3380. The summed E-state index contributed by atoms with van der Waals surface area (Å²) >= 11 is 6.97. The molecule has 0 saturated heterocycles. The van der Waals surface area contributed by atoms with Gasteiger partial charge >= 0.3 is 0 Å². The van der Waals surface area contributed by atoms with Crippen LogP contribution in [0.5, 0.6) is 0 Å². The zero-order valence-electron chi connectivity index (χ0n) is 41.4. The van der Waals surface area contributed by atoms with E-state index in [0.717, 1.165) is 34.0 Å². The summed E-state index contributed by atoms with van der Waals surface area (Å²) in [5.74, 6) is -4.00. The van der Waals surface area contributed by atoms with Crippen LogP contribution in [0.25, 0.3) is 49.1 Å². The summed E-state index contributed by atoms with van der Waals surface area (Å²) in [5.41, 5.74) is 2.26. The molecular formula is C48H49N13O9S6. The molecule has 76 heavy (non-hydrogen) atoms. The fraction of sp³-hybridized carbons (Fsp3) is 0.312. The molecule has 0 aliphatic carbocycles. The molecule has 8 rings (SSSR count). The minimum atomic E-state index is -1.45. The van der Waals surface area contributed by atoms with Gasteiger partial charge in [-0.25, -0.2) is 34.9 Å². The van der Waals surface area contributed by atoms with Crippen LogP contribution in [0, 0.1) is 5.92 Å². The van der Waals surface area contributed by atoms with Crippen molar-refractivity contribution in [3.8, 4) is 43.4 Å². The second kappa shape index (κ2) is 24.0. The van der Waals surface area contributed by atoms with E-state index in [1.807, 2.05) is 13.8 Å². The van der Waals surface area contributed by atoms with Gasteiger partial charge in [-0.2, -0.15) is 0 Å². The topological polar surface area (TPSA) is 326 Å². The molecule has 9 N–H and O–H groups in total. The highest BCUT2D eigenvalue weighted by atomic mass is 32.1. The van der Waals surface area contributed by atoms with E-state index in [4.69, 9.17) is 15.0 Å². The number of hydrogen-bond acceptors (Lipinski definition) is 22. The minimum Gasteiger partial charge on any atom is -0.392 e. The first-order chi connectivity index (χ1) is 36.3. The van der Waals surface area contributed by atoms with Crippen molar-refractivity contribution in [2.45, 2.75) is 84.9 Å². The van der Waals surface area contributed by atoms with Gasteiger partial charge < -0.3 is 47.2 Å². The lowest BCUT2D eigenvalue weighted by molar-refractivity contribution is -0.124. The van der Waals surface area contributed by atoms with Crippen LogP contribution in [-0.2, 0) is 9.59 Å². The fourth-order valence-corrected chi connectivity index (χ4v) is 12.4. The van der Waals surface area contributed by atoms with Crippen LogP contribution in [0.4, 0.5) is 0 Å². The molecule has 0 spiro atoms. The number of nitrogens with one attached hydrogen (secondary N) is 6. The number of carbonyl (C=O) groups is 6. The highest BCUT2D eigenvalue weighted by Crippen LogP contribution is 2.38. The van der Waals surface area contributed by atoms with Crippen LogP contribution < -0.4 is 31.9 Å². The maximum Gasteiger partial charge on any atom is 0.275 e. The summed E-state index contributed by atoms with van der Waals surface area (Å²) < 4.78 is 0. The molecular weight excluding hydrogens is 1100 g/mol. The second-order valence-corrected chi connectivity index (χ2v) is 22.6. The number of fused-ring (bicyclic) bond motifs is 11. The molecule has 0 fully saturated rings. The van der Waals surface area contributed by atoms with Crippen molar-refractivity contribution >= 4 is 109 Å². The molecule has 7 aromatic rings. The molecule has 6 amide bonds. The van der Waals surface area contributed by atoms with Crippen LogP contribution in [0.1, 0.15) is 118 Å². The number of aliphatic hydroxyl groups excluding tert-OH is 3. The molecule has 0 saturated carbocycles. The standard InChI is InChI=1S/C48H49N13O9S6/c1-8-24(37(65)49-12-20(5)62)51-38(66)28-15-73-46(56-28)32-18-74-45(58-32)26-11-10-23-36(50-26)27-13-75-48(53-27)35(22(7)64)61-41(69)31-17-76-47(57-31)33(19(3)4)59-39(67)30-16-72-44(55-30)25(9-2)52-42(70)34(21(6)63)60-40(68)29-14-71-43(23)54-29/h8-11,13-22,33-35,62-64H,12H2,1-7H3,(H,49,65)(H,51,66)(H,52,70)(H,59,67)(H,60,68)(H,61,69)/t20-,21+,22+,33+,34-,35-/m0/s1. The SMILES string of the molecule is CC=C(NC(=O)c1csc(-c2csc(-c3ccc4c(n3)-c3csc(n3)[C@H]([C@@H](C)O)NC(=O)c3csc(n3)[C@@H](C(C)C)NC(=O)c3csc(n3)C(=CC)NC(=O)[C@H]([C@@H](C)O)NC(=O)c3csc-4n3)n2)n1)C(=O)NC[C@H](C)O. The summed E-state index contributed by atoms with van der Waals surface area (Å²) in [7, 11) is 0. The average molecular weight is 1140 g/mol. The van der Waals surface area contributed by atoms with E-state index < -0.39 is 71.9 Å². The van der Waals surface area contributed by atoms with E-state index in [-0.39, 0.29) is 51.6 Å². The highest BCUT2D eigenvalue weighted by molar-refractivity contribution is 7.15. The summed E-state index contributed by atoms with van der Waals surface area (Å²) in [6.45, 7) is 11.4. The normalized spacial score (nSPS) is 18.5. The van der Waals surface area contributed by atoms with Gasteiger partial charge in [0.25, 0.3) is 29.5 Å². The van der Waals surface area contributed by atoms with Crippen molar-refractivity contribution in [2.75, 3.05) is 6.54 Å². The number of amides is 6. The van der Waals surface area contributed by atoms with Gasteiger partial charge in [0.15, 0.2) is 0 Å². The van der Waals surface area contributed by atoms with E-state index in [2.05, 4.69) is 51.8 Å². The first-order valence-corrected chi connectivity index (χ1v) is 28.6. The van der Waals surface area contributed by atoms with Crippen molar-refractivity contribution in [3.63, 3.8) is 0 Å². The summed E-state index contributed by atoms with van der Waals surface area (Å²) in [6.07, 6.45) is -0.261. The highest BCUT2D eigenvalue weighted by Gasteiger charge is 2.32. The zero-order valence-corrected chi connectivity index (χ0v) is 46.3. The first kappa shape index (κ1) is 55.3. The lowest BCUT2D eigenvalue weighted by Crippen LogP contribution is -2.52.